The Hall–Kier alpha value is -2.95. The quantitative estimate of drug-likeness (QED) is 0.695. The highest BCUT2D eigenvalue weighted by Gasteiger charge is 2.28. The number of benzene rings is 2. The number of anilines is 1. The van der Waals surface area contributed by atoms with E-state index in [0.717, 1.165) is 22.2 Å². The van der Waals surface area contributed by atoms with E-state index in [-0.39, 0.29) is 0 Å². The lowest BCUT2D eigenvalue weighted by atomic mass is 10.1. The number of para-hydroxylation sites is 1. The molecular formula is C20H20N2O3. The Morgan fingerprint density at radius 3 is 2.48 bits per heavy atom. The largest absolute Gasteiger partial charge is 0.493 e. The van der Waals surface area contributed by atoms with Crippen LogP contribution in [0.4, 0.5) is 5.69 Å². The molecule has 1 aliphatic carbocycles. The second-order valence-corrected chi connectivity index (χ2v) is 6.19. The van der Waals surface area contributed by atoms with Crippen LogP contribution in [-0.4, -0.2) is 19.2 Å². The van der Waals surface area contributed by atoms with Gasteiger partial charge in [0.2, 0.25) is 5.88 Å². The standard InChI is InChI=1S/C20H20N2O3/c1-23-17-10-13-8-9-19(22-16(13)11-18(17)24-2)25-20-14(12-6-7-12)4-3-5-15(20)21/h3-5,8-12H,6-7,21H2,1-2H3. The third-order valence-corrected chi connectivity index (χ3v) is 4.47. The maximum Gasteiger partial charge on any atom is 0.219 e. The molecule has 5 nitrogen and oxygen atoms in total. The van der Waals surface area contributed by atoms with Crippen LogP contribution in [0.15, 0.2) is 42.5 Å². The number of nitrogen functional groups attached to an aromatic ring is 1. The molecule has 0 bridgehead atoms. The fourth-order valence-electron chi connectivity index (χ4n) is 3.00. The van der Waals surface area contributed by atoms with Crippen LogP contribution >= 0.6 is 0 Å². The average molecular weight is 336 g/mol. The molecule has 0 radical (unpaired) electrons. The Kier molecular flexibility index (Phi) is 3.84. The summed E-state index contributed by atoms with van der Waals surface area (Å²) in [6.07, 6.45) is 2.36. The van der Waals surface area contributed by atoms with E-state index in [1.165, 1.54) is 12.8 Å². The first-order valence-corrected chi connectivity index (χ1v) is 8.28. The van der Waals surface area contributed by atoms with Gasteiger partial charge in [-0.05, 0) is 37.0 Å². The minimum absolute atomic E-state index is 0.513. The van der Waals surface area contributed by atoms with Crippen LogP contribution in [-0.2, 0) is 0 Å². The van der Waals surface area contributed by atoms with Crippen molar-refractivity contribution in [2.24, 2.45) is 0 Å². The van der Waals surface area contributed by atoms with Crippen LogP contribution in [0.3, 0.4) is 0 Å². The molecule has 1 saturated carbocycles. The molecule has 0 saturated heterocycles. The predicted octanol–water partition coefficient (Wildman–Crippen LogP) is 4.50. The van der Waals surface area contributed by atoms with Crippen molar-refractivity contribution >= 4 is 16.6 Å². The fraction of sp³-hybridized carbons (Fsp3) is 0.250. The number of ether oxygens (including phenoxy) is 3. The molecule has 128 valence electrons. The fourth-order valence-corrected chi connectivity index (χ4v) is 3.00. The summed E-state index contributed by atoms with van der Waals surface area (Å²) < 4.78 is 16.8. The van der Waals surface area contributed by atoms with Gasteiger partial charge >= 0.3 is 0 Å². The van der Waals surface area contributed by atoms with E-state index in [1.54, 1.807) is 14.2 Å². The third kappa shape index (κ3) is 2.93. The number of rotatable bonds is 5. The van der Waals surface area contributed by atoms with Crippen LogP contribution in [0.2, 0.25) is 0 Å². The van der Waals surface area contributed by atoms with Gasteiger partial charge in [0.25, 0.3) is 0 Å². The van der Waals surface area contributed by atoms with E-state index < -0.39 is 0 Å². The highest BCUT2D eigenvalue weighted by Crippen LogP contribution is 2.47. The summed E-state index contributed by atoms with van der Waals surface area (Å²) in [5.74, 6) is 3.09. The van der Waals surface area contributed by atoms with E-state index in [1.807, 2.05) is 36.4 Å². The van der Waals surface area contributed by atoms with Crippen molar-refractivity contribution in [3.63, 3.8) is 0 Å². The molecular weight excluding hydrogens is 316 g/mol. The number of nitrogens with zero attached hydrogens (tertiary/aromatic N) is 1. The van der Waals surface area contributed by atoms with Crippen molar-refractivity contribution in [2.75, 3.05) is 20.0 Å². The molecule has 0 aliphatic heterocycles. The molecule has 0 amide bonds. The molecule has 1 aromatic heterocycles. The van der Waals surface area contributed by atoms with E-state index in [9.17, 15) is 0 Å². The first-order valence-electron chi connectivity index (χ1n) is 8.28. The molecule has 1 aliphatic rings. The van der Waals surface area contributed by atoms with E-state index in [0.29, 0.717) is 29.0 Å². The minimum Gasteiger partial charge on any atom is -0.493 e. The number of hydrogen-bond acceptors (Lipinski definition) is 5. The first-order chi connectivity index (χ1) is 12.2. The van der Waals surface area contributed by atoms with Gasteiger partial charge in [-0.2, -0.15) is 0 Å². The van der Waals surface area contributed by atoms with Gasteiger partial charge in [-0.1, -0.05) is 12.1 Å². The summed E-state index contributed by atoms with van der Waals surface area (Å²) in [4.78, 5) is 4.60. The number of aromatic nitrogens is 1. The molecule has 0 atom stereocenters. The lowest BCUT2D eigenvalue weighted by Gasteiger charge is -2.13. The predicted molar refractivity (Wildman–Crippen MR) is 97.8 cm³/mol. The molecule has 0 spiro atoms. The summed E-state index contributed by atoms with van der Waals surface area (Å²) in [6, 6.07) is 13.5. The molecule has 1 heterocycles. The van der Waals surface area contributed by atoms with Crippen molar-refractivity contribution in [3.05, 3.63) is 48.0 Å². The van der Waals surface area contributed by atoms with Crippen LogP contribution in [0.25, 0.3) is 10.9 Å². The average Bonchev–Trinajstić information content (AvgIpc) is 3.47. The molecule has 25 heavy (non-hydrogen) atoms. The highest BCUT2D eigenvalue weighted by molar-refractivity contribution is 5.83. The molecule has 0 unspecified atom stereocenters. The Morgan fingerprint density at radius 1 is 1.00 bits per heavy atom. The van der Waals surface area contributed by atoms with Gasteiger partial charge in [0.1, 0.15) is 0 Å². The number of hydrogen-bond donors (Lipinski definition) is 1. The van der Waals surface area contributed by atoms with Crippen molar-refractivity contribution in [3.8, 4) is 23.1 Å². The van der Waals surface area contributed by atoms with Gasteiger partial charge in [0.05, 0.1) is 25.4 Å². The van der Waals surface area contributed by atoms with Crippen molar-refractivity contribution < 1.29 is 14.2 Å². The Labute approximate surface area is 146 Å². The van der Waals surface area contributed by atoms with E-state index in [4.69, 9.17) is 19.9 Å². The second kappa shape index (κ2) is 6.16. The third-order valence-electron chi connectivity index (χ3n) is 4.47. The van der Waals surface area contributed by atoms with Crippen LogP contribution in [0, 0.1) is 0 Å². The van der Waals surface area contributed by atoms with Gasteiger partial charge in [-0.3, -0.25) is 0 Å². The summed E-state index contributed by atoms with van der Waals surface area (Å²) in [6.45, 7) is 0. The monoisotopic (exact) mass is 336 g/mol. The van der Waals surface area contributed by atoms with Gasteiger partial charge < -0.3 is 19.9 Å². The van der Waals surface area contributed by atoms with E-state index >= 15 is 0 Å². The normalized spacial score (nSPS) is 13.7. The van der Waals surface area contributed by atoms with Gasteiger partial charge in [0.15, 0.2) is 17.2 Å². The Morgan fingerprint density at radius 2 is 1.76 bits per heavy atom. The summed E-state index contributed by atoms with van der Waals surface area (Å²) in [7, 11) is 3.23. The molecule has 2 N–H and O–H groups in total. The van der Waals surface area contributed by atoms with Crippen LogP contribution < -0.4 is 19.9 Å². The summed E-state index contributed by atoms with van der Waals surface area (Å²) in [5, 5.41) is 0.952. The first kappa shape index (κ1) is 15.6. The molecule has 1 fully saturated rings. The van der Waals surface area contributed by atoms with Gasteiger partial charge in [0, 0.05) is 23.1 Å². The number of fused-ring (bicyclic) bond motifs is 1. The van der Waals surface area contributed by atoms with Crippen LogP contribution in [0.5, 0.6) is 23.1 Å². The molecule has 3 aromatic rings. The van der Waals surface area contributed by atoms with E-state index in [2.05, 4.69) is 11.1 Å². The smallest absolute Gasteiger partial charge is 0.219 e. The molecule has 5 heteroatoms. The number of methoxy groups -OCH3 is 2. The number of pyridine rings is 1. The lowest BCUT2D eigenvalue weighted by molar-refractivity contribution is 0.355. The highest BCUT2D eigenvalue weighted by atomic mass is 16.5. The maximum absolute atomic E-state index is 6.14. The minimum atomic E-state index is 0.513. The Balaban J connectivity index is 1.73. The zero-order valence-corrected chi connectivity index (χ0v) is 14.3. The Bertz CT molecular complexity index is 936. The van der Waals surface area contributed by atoms with Crippen molar-refractivity contribution in [2.45, 2.75) is 18.8 Å². The zero-order chi connectivity index (χ0) is 17.4. The number of nitrogens with two attached hydrogens (primary N) is 1. The zero-order valence-electron chi connectivity index (χ0n) is 14.3. The summed E-state index contributed by atoms with van der Waals surface area (Å²) >= 11 is 0. The SMILES string of the molecule is COc1cc2ccc(Oc3c(N)cccc3C3CC3)nc2cc1OC. The second-order valence-electron chi connectivity index (χ2n) is 6.19. The van der Waals surface area contributed by atoms with Crippen molar-refractivity contribution in [1.29, 1.82) is 0 Å². The van der Waals surface area contributed by atoms with Crippen LogP contribution in [0.1, 0.15) is 24.3 Å². The maximum atomic E-state index is 6.14. The summed E-state index contributed by atoms with van der Waals surface area (Å²) in [5.41, 5.74) is 8.72. The lowest BCUT2D eigenvalue weighted by Crippen LogP contribution is -1.98. The van der Waals surface area contributed by atoms with Gasteiger partial charge in [-0.15, -0.1) is 0 Å². The van der Waals surface area contributed by atoms with Gasteiger partial charge in [-0.25, -0.2) is 4.98 Å². The topological polar surface area (TPSA) is 66.6 Å². The molecule has 2 aromatic carbocycles. The molecule has 4 rings (SSSR count). The van der Waals surface area contributed by atoms with Crippen molar-refractivity contribution in [1.82, 2.24) is 4.98 Å².